The average Bonchev–Trinajstić information content (AvgIpc) is 2.56. The van der Waals surface area contributed by atoms with Gasteiger partial charge in [-0.05, 0) is 12.5 Å². The van der Waals surface area contributed by atoms with Gasteiger partial charge in [0.15, 0.2) is 0 Å². The van der Waals surface area contributed by atoms with Crippen LogP contribution in [0.1, 0.15) is 12.5 Å². The maximum Gasteiger partial charge on any atom is 0.246 e. The Balaban J connectivity index is 1.68. The lowest BCUT2D eigenvalue weighted by Crippen LogP contribution is -2.51. The summed E-state index contributed by atoms with van der Waals surface area (Å²) in [5, 5.41) is 2.67. The van der Waals surface area contributed by atoms with Gasteiger partial charge in [-0.3, -0.25) is 9.59 Å². The summed E-state index contributed by atoms with van der Waals surface area (Å²) in [5.41, 5.74) is 1.01. The van der Waals surface area contributed by atoms with Crippen LogP contribution in [0.2, 0.25) is 0 Å². The second-order valence-corrected chi connectivity index (χ2v) is 5.21. The molecule has 0 spiro atoms. The van der Waals surface area contributed by atoms with E-state index in [4.69, 9.17) is 9.47 Å². The fourth-order valence-electron chi connectivity index (χ4n) is 2.24. The fraction of sp³-hybridized carbons (Fsp3) is 0.500. The molecule has 1 fully saturated rings. The molecule has 0 bridgehead atoms. The largest absolute Gasteiger partial charge is 0.378 e. The number of hydrogen-bond donors (Lipinski definition) is 1. The molecular weight excluding hydrogens is 284 g/mol. The minimum atomic E-state index is -0.550. The number of amides is 2. The minimum absolute atomic E-state index is 0.0599. The van der Waals surface area contributed by atoms with E-state index >= 15 is 0 Å². The Hall–Kier alpha value is -1.92. The van der Waals surface area contributed by atoms with Crippen LogP contribution >= 0.6 is 0 Å². The van der Waals surface area contributed by atoms with Gasteiger partial charge in [0.05, 0.1) is 19.8 Å². The van der Waals surface area contributed by atoms with E-state index < -0.39 is 6.04 Å². The Morgan fingerprint density at radius 1 is 1.27 bits per heavy atom. The fourth-order valence-corrected chi connectivity index (χ4v) is 2.24. The Labute approximate surface area is 130 Å². The van der Waals surface area contributed by atoms with Crippen molar-refractivity contribution in [2.75, 3.05) is 32.9 Å². The minimum Gasteiger partial charge on any atom is -0.378 e. The third-order valence-corrected chi connectivity index (χ3v) is 3.42. The van der Waals surface area contributed by atoms with Crippen molar-refractivity contribution >= 4 is 11.8 Å². The summed E-state index contributed by atoms with van der Waals surface area (Å²) >= 11 is 0. The van der Waals surface area contributed by atoms with Crippen molar-refractivity contribution in [3.05, 3.63) is 35.9 Å². The number of hydrogen-bond acceptors (Lipinski definition) is 4. The molecule has 0 radical (unpaired) electrons. The second-order valence-electron chi connectivity index (χ2n) is 5.21. The van der Waals surface area contributed by atoms with E-state index in [-0.39, 0.29) is 18.4 Å². The van der Waals surface area contributed by atoms with Crippen molar-refractivity contribution in [3.63, 3.8) is 0 Å². The molecule has 1 aromatic carbocycles. The lowest BCUT2D eigenvalue weighted by atomic mass is 10.2. The number of nitrogens with zero attached hydrogens (tertiary/aromatic N) is 1. The molecule has 2 rings (SSSR count). The van der Waals surface area contributed by atoms with E-state index in [0.29, 0.717) is 32.9 Å². The molecule has 1 aliphatic heterocycles. The van der Waals surface area contributed by atoms with Crippen molar-refractivity contribution < 1.29 is 19.1 Å². The molecule has 2 amide bonds. The Morgan fingerprint density at radius 3 is 2.64 bits per heavy atom. The number of ether oxygens (including phenoxy) is 2. The quantitative estimate of drug-likeness (QED) is 0.834. The van der Waals surface area contributed by atoms with Crippen LogP contribution < -0.4 is 5.32 Å². The average molecular weight is 306 g/mol. The summed E-state index contributed by atoms with van der Waals surface area (Å²) < 4.78 is 10.6. The molecule has 6 nitrogen and oxygen atoms in total. The van der Waals surface area contributed by atoms with Crippen molar-refractivity contribution in [1.29, 1.82) is 0 Å². The van der Waals surface area contributed by atoms with Gasteiger partial charge < -0.3 is 19.7 Å². The van der Waals surface area contributed by atoms with Crippen LogP contribution in [0.3, 0.4) is 0 Å². The maximum atomic E-state index is 12.1. The normalized spacial score (nSPS) is 16.1. The van der Waals surface area contributed by atoms with E-state index in [9.17, 15) is 9.59 Å². The molecule has 0 aliphatic carbocycles. The van der Waals surface area contributed by atoms with Gasteiger partial charge in [0.2, 0.25) is 11.8 Å². The van der Waals surface area contributed by atoms with Crippen LogP contribution in [0.5, 0.6) is 0 Å². The van der Waals surface area contributed by atoms with E-state index in [1.54, 1.807) is 11.8 Å². The van der Waals surface area contributed by atoms with E-state index in [1.807, 2.05) is 30.3 Å². The van der Waals surface area contributed by atoms with Crippen molar-refractivity contribution in [1.82, 2.24) is 10.2 Å². The van der Waals surface area contributed by atoms with E-state index in [0.717, 1.165) is 5.56 Å². The highest BCUT2D eigenvalue weighted by Crippen LogP contribution is 2.02. The monoisotopic (exact) mass is 306 g/mol. The number of morpholine rings is 1. The van der Waals surface area contributed by atoms with Crippen LogP contribution in [0.4, 0.5) is 0 Å². The summed E-state index contributed by atoms with van der Waals surface area (Å²) in [5.74, 6) is -0.371. The third kappa shape index (κ3) is 5.13. The van der Waals surface area contributed by atoms with Gasteiger partial charge in [-0.2, -0.15) is 0 Å². The second kappa shape index (κ2) is 8.51. The molecule has 120 valence electrons. The molecule has 1 aliphatic rings. The smallest absolute Gasteiger partial charge is 0.246 e. The van der Waals surface area contributed by atoms with Gasteiger partial charge in [-0.25, -0.2) is 0 Å². The summed E-state index contributed by atoms with van der Waals surface area (Å²) in [7, 11) is 0. The highest BCUT2D eigenvalue weighted by molar-refractivity contribution is 5.87. The summed E-state index contributed by atoms with van der Waals surface area (Å²) in [6, 6.07) is 9.08. The molecule has 1 heterocycles. The predicted octanol–water partition coefficient (Wildman–Crippen LogP) is 0.567. The van der Waals surface area contributed by atoms with Gasteiger partial charge >= 0.3 is 0 Å². The topological polar surface area (TPSA) is 67.9 Å². The zero-order chi connectivity index (χ0) is 15.8. The van der Waals surface area contributed by atoms with Crippen LogP contribution in [-0.4, -0.2) is 55.7 Å². The first kappa shape index (κ1) is 16.5. The Kier molecular flexibility index (Phi) is 6.36. The Morgan fingerprint density at radius 2 is 1.95 bits per heavy atom. The number of benzene rings is 1. The molecule has 6 heteroatoms. The van der Waals surface area contributed by atoms with Gasteiger partial charge in [-0.1, -0.05) is 30.3 Å². The molecule has 1 atom stereocenters. The highest BCUT2D eigenvalue weighted by Gasteiger charge is 2.23. The molecule has 0 saturated carbocycles. The lowest BCUT2D eigenvalue weighted by Gasteiger charge is -2.29. The van der Waals surface area contributed by atoms with E-state index in [2.05, 4.69) is 5.32 Å². The SMILES string of the molecule is C[C@@H](NC(=O)COCc1ccccc1)C(=O)N1CCOCC1. The first-order valence-electron chi connectivity index (χ1n) is 7.44. The predicted molar refractivity (Wildman–Crippen MR) is 81.1 cm³/mol. The third-order valence-electron chi connectivity index (χ3n) is 3.42. The number of carbonyl (C=O) groups is 2. The molecule has 22 heavy (non-hydrogen) atoms. The lowest BCUT2D eigenvalue weighted by molar-refractivity contribution is -0.140. The molecule has 0 unspecified atom stereocenters. The molecule has 1 aromatic rings. The molecule has 1 saturated heterocycles. The van der Waals surface area contributed by atoms with E-state index in [1.165, 1.54) is 0 Å². The summed E-state index contributed by atoms with van der Waals surface area (Å²) in [4.78, 5) is 25.7. The number of rotatable bonds is 6. The van der Waals surface area contributed by atoms with Gasteiger partial charge in [-0.15, -0.1) is 0 Å². The maximum absolute atomic E-state index is 12.1. The zero-order valence-electron chi connectivity index (χ0n) is 12.8. The van der Waals surface area contributed by atoms with Gasteiger partial charge in [0, 0.05) is 13.1 Å². The van der Waals surface area contributed by atoms with Gasteiger partial charge in [0.1, 0.15) is 12.6 Å². The first-order chi connectivity index (χ1) is 10.7. The molecular formula is C16H22N2O4. The standard InChI is InChI=1S/C16H22N2O4/c1-13(16(20)18-7-9-21-10-8-18)17-15(19)12-22-11-14-5-3-2-4-6-14/h2-6,13H,7-12H2,1H3,(H,17,19)/t13-/m1/s1. The van der Waals surface area contributed by atoms with Crippen LogP contribution in [-0.2, 0) is 25.7 Å². The van der Waals surface area contributed by atoms with Crippen LogP contribution in [0.25, 0.3) is 0 Å². The summed E-state index contributed by atoms with van der Waals surface area (Å²) in [6.45, 7) is 4.24. The molecule has 0 aromatic heterocycles. The van der Waals surface area contributed by atoms with Crippen molar-refractivity contribution in [2.24, 2.45) is 0 Å². The number of nitrogens with one attached hydrogen (secondary N) is 1. The Bertz CT molecular complexity index is 486. The molecule has 1 N–H and O–H groups in total. The number of carbonyl (C=O) groups excluding carboxylic acids is 2. The zero-order valence-corrected chi connectivity index (χ0v) is 12.8. The van der Waals surface area contributed by atoms with Gasteiger partial charge in [0.25, 0.3) is 0 Å². The first-order valence-corrected chi connectivity index (χ1v) is 7.44. The van der Waals surface area contributed by atoms with Crippen molar-refractivity contribution in [3.8, 4) is 0 Å². The summed E-state index contributed by atoms with van der Waals surface area (Å²) in [6.07, 6.45) is 0. The van der Waals surface area contributed by atoms with Crippen LogP contribution in [0.15, 0.2) is 30.3 Å². The highest BCUT2D eigenvalue weighted by atomic mass is 16.5. The van der Waals surface area contributed by atoms with Crippen LogP contribution in [0, 0.1) is 0 Å². The van der Waals surface area contributed by atoms with Crippen molar-refractivity contribution in [2.45, 2.75) is 19.6 Å².